The monoisotopic (exact) mass is 260 g/mol. The standard InChI is InChI=1S/C13H18ClFO2/c1-2-6-13(8-16,9-17)7-10-11(14)4-3-5-12(10)15/h3-5,16-17H,2,6-9H2,1H3. The van der Waals surface area contributed by atoms with E-state index in [9.17, 15) is 14.6 Å². The first kappa shape index (κ1) is 14.4. The van der Waals surface area contributed by atoms with Gasteiger partial charge in [-0.05, 0) is 25.0 Å². The average molecular weight is 261 g/mol. The summed E-state index contributed by atoms with van der Waals surface area (Å²) in [6.07, 6.45) is 1.69. The zero-order valence-corrected chi connectivity index (χ0v) is 10.7. The van der Waals surface area contributed by atoms with Crippen molar-refractivity contribution in [2.24, 2.45) is 5.41 Å². The van der Waals surface area contributed by atoms with Gasteiger partial charge in [0.05, 0.1) is 13.2 Å². The number of hydrogen-bond acceptors (Lipinski definition) is 2. The molecule has 2 nitrogen and oxygen atoms in total. The summed E-state index contributed by atoms with van der Waals surface area (Å²) in [4.78, 5) is 0. The molecular formula is C13H18ClFO2. The summed E-state index contributed by atoms with van der Waals surface area (Å²) in [5, 5.41) is 19.2. The van der Waals surface area contributed by atoms with Crippen LogP contribution in [0, 0.1) is 11.2 Å². The van der Waals surface area contributed by atoms with Crippen molar-refractivity contribution >= 4 is 11.6 Å². The third-order valence-electron chi connectivity index (χ3n) is 3.06. The van der Waals surface area contributed by atoms with E-state index in [-0.39, 0.29) is 25.5 Å². The molecule has 0 radical (unpaired) electrons. The number of aliphatic hydroxyl groups excluding tert-OH is 2. The highest BCUT2D eigenvalue weighted by molar-refractivity contribution is 6.31. The van der Waals surface area contributed by atoms with E-state index in [2.05, 4.69) is 0 Å². The van der Waals surface area contributed by atoms with E-state index in [0.29, 0.717) is 17.0 Å². The predicted octanol–water partition coefficient (Wildman–Crippen LogP) is 2.79. The maximum absolute atomic E-state index is 13.6. The Morgan fingerprint density at radius 1 is 1.29 bits per heavy atom. The molecule has 0 amide bonds. The normalized spacial score (nSPS) is 11.8. The first-order valence-electron chi connectivity index (χ1n) is 5.73. The van der Waals surface area contributed by atoms with Crippen molar-refractivity contribution in [1.82, 2.24) is 0 Å². The van der Waals surface area contributed by atoms with Crippen molar-refractivity contribution < 1.29 is 14.6 Å². The van der Waals surface area contributed by atoms with Crippen LogP contribution in [0.3, 0.4) is 0 Å². The second-order valence-corrected chi connectivity index (χ2v) is 4.85. The van der Waals surface area contributed by atoms with E-state index in [1.165, 1.54) is 6.07 Å². The first-order chi connectivity index (χ1) is 8.08. The van der Waals surface area contributed by atoms with Gasteiger partial charge < -0.3 is 10.2 Å². The van der Waals surface area contributed by atoms with Crippen molar-refractivity contribution in [2.45, 2.75) is 26.2 Å². The summed E-state index contributed by atoms with van der Waals surface area (Å²) >= 11 is 5.95. The maximum atomic E-state index is 13.6. The number of rotatable bonds is 6. The van der Waals surface area contributed by atoms with Gasteiger partial charge in [-0.15, -0.1) is 0 Å². The van der Waals surface area contributed by atoms with Gasteiger partial charge in [-0.25, -0.2) is 4.39 Å². The molecule has 1 aromatic carbocycles. The van der Waals surface area contributed by atoms with Gasteiger partial charge in [0.25, 0.3) is 0 Å². The average Bonchev–Trinajstić information content (AvgIpc) is 2.33. The Morgan fingerprint density at radius 2 is 1.94 bits per heavy atom. The largest absolute Gasteiger partial charge is 0.396 e. The molecular weight excluding hydrogens is 243 g/mol. The van der Waals surface area contributed by atoms with Gasteiger partial charge in [-0.3, -0.25) is 0 Å². The lowest BCUT2D eigenvalue weighted by molar-refractivity contribution is 0.0460. The summed E-state index contributed by atoms with van der Waals surface area (Å²) < 4.78 is 13.6. The van der Waals surface area contributed by atoms with Crippen LogP contribution in [0.2, 0.25) is 5.02 Å². The Morgan fingerprint density at radius 3 is 2.41 bits per heavy atom. The number of benzene rings is 1. The molecule has 17 heavy (non-hydrogen) atoms. The lowest BCUT2D eigenvalue weighted by atomic mass is 9.79. The molecule has 0 unspecified atom stereocenters. The molecule has 2 N–H and O–H groups in total. The van der Waals surface area contributed by atoms with Gasteiger partial charge >= 0.3 is 0 Å². The lowest BCUT2D eigenvalue weighted by Crippen LogP contribution is -2.32. The molecule has 0 aliphatic heterocycles. The fourth-order valence-electron chi connectivity index (χ4n) is 2.01. The Balaban J connectivity index is 3.01. The molecule has 0 bridgehead atoms. The van der Waals surface area contributed by atoms with E-state index in [1.807, 2.05) is 6.92 Å². The summed E-state index contributed by atoms with van der Waals surface area (Å²) in [6, 6.07) is 4.50. The fraction of sp³-hybridized carbons (Fsp3) is 0.538. The van der Waals surface area contributed by atoms with Crippen molar-refractivity contribution in [3.8, 4) is 0 Å². The molecule has 0 aliphatic carbocycles. The molecule has 0 saturated carbocycles. The molecule has 0 aromatic heterocycles. The maximum Gasteiger partial charge on any atom is 0.127 e. The number of aliphatic hydroxyl groups is 2. The second kappa shape index (κ2) is 6.34. The van der Waals surface area contributed by atoms with Gasteiger partial charge in [-0.2, -0.15) is 0 Å². The summed E-state index contributed by atoms with van der Waals surface area (Å²) in [7, 11) is 0. The van der Waals surface area contributed by atoms with Crippen LogP contribution in [0.1, 0.15) is 25.3 Å². The topological polar surface area (TPSA) is 40.5 Å². The van der Waals surface area contributed by atoms with Crippen LogP contribution < -0.4 is 0 Å². The van der Waals surface area contributed by atoms with Crippen LogP contribution in [0.5, 0.6) is 0 Å². The van der Waals surface area contributed by atoms with Gasteiger partial charge in [0.1, 0.15) is 5.82 Å². The quantitative estimate of drug-likeness (QED) is 0.826. The summed E-state index contributed by atoms with van der Waals surface area (Å²) in [6.45, 7) is 1.60. The summed E-state index contributed by atoms with van der Waals surface area (Å²) in [5.41, 5.74) is -0.327. The van der Waals surface area contributed by atoms with Crippen LogP contribution in [0.25, 0.3) is 0 Å². The van der Waals surface area contributed by atoms with E-state index < -0.39 is 5.41 Å². The second-order valence-electron chi connectivity index (χ2n) is 4.44. The van der Waals surface area contributed by atoms with Crippen LogP contribution in [-0.4, -0.2) is 23.4 Å². The van der Waals surface area contributed by atoms with Crippen molar-refractivity contribution in [3.05, 3.63) is 34.6 Å². The molecule has 0 heterocycles. The minimum absolute atomic E-state index is 0.179. The molecule has 1 aromatic rings. The zero-order chi connectivity index (χ0) is 12.9. The van der Waals surface area contributed by atoms with E-state index in [0.717, 1.165) is 6.42 Å². The highest BCUT2D eigenvalue weighted by atomic mass is 35.5. The number of halogens is 2. The molecule has 1 rings (SSSR count). The van der Waals surface area contributed by atoms with Crippen molar-refractivity contribution in [3.63, 3.8) is 0 Å². The van der Waals surface area contributed by atoms with E-state index in [4.69, 9.17) is 11.6 Å². The molecule has 0 atom stereocenters. The third-order valence-corrected chi connectivity index (χ3v) is 3.42. The van der Waals surface area contributed by atoms with Gasteiger partial charge in [-0.1, -0.05) is 31.0 Å². The van der Waals surface area contributed by atoms with Crippen molar-refractivity contribution in [1.29, 1.82) is 0 Å². The molecule has 0 spiro atoms. The zero-order valence-electron chi connectivity index (χ0n) is 9.92. The van der Waals surface area contributed by atoms with E-state index >= 15 is 0 Å². The van der Waals surface area contributed by atoms with Crippen LogP contribution in [0.15, 0.2) is 18.2 Å². The fourth-order valence-corrected chi connectivity index (χ4v) is 2.24. The Labute approximate surface area is 106 Å². The molecule has 96 valence electrons. The summed E-state index contributed by atoms with van der Waals surface area (Å²) in [5.74, 6) is -0.389. The number of hydrogen-bond donors (Lipinski definition) is 2. The van der Waals surface area contributed by atoms with Crippen LogP contribution in [0.4, 0.5) is 4.39 Å². The van der Waals surface area contributed by atoms with Gasteiger partial charge in [0, 0.05) is 16.0 Å². The Kier molecular flexibility index (Phi) is 5.37. The van der Waals surface area contributed by atoms with Crippen LogP contribution in [-0.2, 0) is 6.42 Å². The Hall–Kier alpha value is -0.640. The third kappa shape index (κ3) is 3.41. The molecule has 0 saturated heterocycles. The minimum Gasteiger partial charge on any atom is -0.396 e. The lowest BCUT2D eigenvalue weighted by Gasteiger charge is -2.30. The first-order valence-corrected chi connectivity index (χ1v) is 6.11. The minimum atomic E-state index is -0.694. The Bertz CT molecular complexity index is 344. The smallest absolute Gasteiger partial charge is 0.127 e. The molecule has 4 heteroatoms. The molecule has 0 aliphatic rings. The molecule has 0 fully saturated rings. The SMILES string of the molecule is CCCC(CO)(CO)Cc1c(F)cccc1Cl. The van der Waals surface area contributed by atoms with Crippen molar-refractivity contribution in [2.75, 3.05) is 13.2 Å². The van der Waals surface area contributed by atoms with Gasteiger partial charge in [0.15, 0.2) is 0 Å². The van der Waals surface area contributed by atoms with E-state index in [1.54, 1.807) is 12.1 Å². The van der Waals surface area contributed by atoms with Crippen LogP contribution >= 0.6 is 11.6 Å². The highest BCUT2D eigenvalue weighted by Gasteiger charge is 2.30. The van der Waals surface area contributed by atoms with Gasteiger partial charge in [0.2, 0.25) is 0 Å². The highest BCUT2D eigenvalue weighted by Crippen LogP contribution is 2.32. The predicted molar refractivity (Wildman–Crippen MR) is 66.6 cm³/mol.